The predicted octanol–water partition coefficient (Wildman–Crippen LogP) is 6.68. The van der Waals surface area contributed by atoms with Gasteiger partial charge in [-0.25, -0.2) is 4.79 Å². The lowest BCUT2D eigenvalue weighted by atomic mass is 9.97. The van der Waals surface area contributed by atoms with Crippen LogP contribution in [0.1, 0.15) is 35.7 Å². The van der Waals surface area contributed by atoms with Crippen LogP contribution in [0.15, 0.2) is 95.6 Å². The van der Waals surface area contributed by atoms with E-state index in [2.05, 4.69) is 63.1 Å². The van der Waals surface area contributed by atoms with Gasteiger partial charge in [0.05, 0.1) is 17.1 Å². The van der Waals surface area contributed by atoms with E-state index in [0.29, 0.717) is 5.69 Å². The Labute approximate surface area is 224 Å². The lowest BCUT2D eigenvalue weighted by Crippen LogP contribution is -2.48. The van der Waals surface area contributed by atoms with Crippen molar-refractivity contribution in [1.29, 1.82) is 0 Å². The fourth-order valence-corrected chi connectivity index (χ4v) is 5.46. The summed E-state index contributed by atoms with van der Waals surface area (Å²) in [6.45, 7) is 2.06. The molecule has 1 N–H and O–H groups in total. The van der Waals surface area contributed by atoms with Gasteiger partial charge >= 0.3 is 6.03 Å². The molecule has 6 rings (SSSR count). The predicted molar refractivity (Wildman–Crippen MR) is 149 cm³/mol. The Hall–Kier alpha value is -3.84. The van der Waals surface area contributed by atoms with Crippen molar-refractivity contribution in [2.75, 3.05) is 16.8 Å². The van der Waals surface area contributed by atoms with Crippen LogP contribution in [0.4, 0.5) is 16.2 Å². The highest BCUT2D eigenvalue weighted by molar-refractivity contribution is 9.10. The van der Waals surface area contributed by atoms with Crippen LogP contribution >= 0.6 is 15.9 Å². The van der Waals surface area contributed by atoms with E-state index in [-0.39, 0.29) is 30.6 Å². The summed E-state index contributed by atoms with van der Waals surface area (Å²) >= 11 is 3.45. The highest BCUT2D eigenvalue weighted by Gasteiger charge is 2.40. The number of para-hydroxylation sites is 2. The van der Waals surface area contributed by atoms with Gasteiger partial charge in [-0.2, -0.15) is 0 Å². The maximum Gasteiger partial charge on any atom is 0.322 e. The number of anilines is 2. The minimum Gasteiger partial charge on any atom is -0.316 e. The van der Waals surface area contributed by atoms with Crippen LogP contribution in [0.25, 0.3) is 5.69 Å². The van der Waals surface area contributed by atoms with Gasteiger partial charge in [-0.05, 0) is 67.8 Å². The van der Waals surface area contributed by atoms with E-state index in [1.165, 1.54) is 0 Å². The molecule has 0 spiro atoms. The lowest BCUT2D eigenvalue weighted by molar-refractivity contribution is -0.119. The van der Waals surface area contributed by atoms with E-state index in [4.69, 9.17) is 0 Å². The van der Waals surface area contributed by atoms with E-state index in [1.54, 1.807) is 4.90 Å². The summed E-state index contributed by atoms with van der Waals surface area (Å²) < 4.78 is 3.04. The molecule has 1 atom stereocenters. The first-order valence-corrected chi connectivity index (χ1v) is 13.3. The minimum absolute atomic E-state index is 0.00189. The second kappa shape index (κ2) is 9.56. The molecule has 7 heteroatoms. The molecule has 37 heavy (non-hydrogen) atoms. The Kier molecular flexibility index (Phi) is 6.08. The number of rotatable bonds is 5. The third-order valence-electron chi connectivity index (χ3n) is 7.01. The van der Waals surface area contributed by atoms with Crippen molar-refractivity contribution in [3.05, 3.63) is 112 Å². The van der Waals surface area contributed by atoms with Crippen molar-refractivity contribution >= 4 is 39.2 Å². The molecule has 3 aromatic carbocycles. The Morgan fingerprint density at radius 1 is 0.946 bits per heavy atom. The number of benzene rings is 3. The van der Waals surface area contributed by atoms with Gasteiger partial charge in [-0.3, -0.25) is 9.69 Å². The molecule has 4 aromatic rings. The van der Waals surface area contributed by atoms with Crippen molar-refractivity contribution in [3.63, 3.8) is 0 Å². The second-order valence-electron chi connectivity index (χ2n) is 9.67. The molecule has 0 saturated heterocycles. The van der Waals surface area contributed by atoms with Crippen LogP contribution in [0, 0.1) is 6.92 Å². The van der Waals surface area contributed by atoms with Crippen molar-refractivity contribution < 1.29 is 9.59 Å². The van der Waals surface area contributed by atoms with Gasteiger partial charge in [0.25, 0.3) is 0 Å². The fourth-order valence-electron chi connectivity index (χ4n) is 5.06. The van der Waals surface area contributed by atoms with Crippen LogP contribution in [0.3, 0.4) is 0 Å². The van der Waals surface area contributed by atoms with Crippen molar-refractivity contribution in [3.8, 4) is 5.69 Å². The normalized spacial score (nSPS) is 16.1. The molecule has 186 valence electrons. The van der Waals surface area contributed by atoms with E-state index in [0.717, 1.165) is 45.5 Å². The monoisotopic (exact) mass is 554 g/mol. The van der Waals surface area contributed by atoms with Crippen LogP contribution in [0.5, 0.6) is 0 Å². The van der Waals surface area contributed by atoms with Crippen molar-refractivity contribution in [2.45, 2.75) is 31.8 Å². The van der Waals surface area contributed by atoms with E-state index >= 15 is 0 Å². The molecule has 1 aromatic heterocycles. The van der Waals surface area contributed by atoms with E-state index < -0.39 is 0 Å². The summed E-state index contributed by atoms with van der Waals surface area (Å²) in [5.41, 5.74) is 5.70. The van der Waals surface area contributed by atoms with Crippen LogP contribution < -0.4 is 10.2 Å². The average Bonchev–Trinajstić information content (AvgIpc) is 3.62. The lowest BCUT2D eigenvalue weighted by Gasteiger charge is -2.39. The highest BCUT2D eigenvalue weighted by Crippen LogP contribution is 2.42. The number of urea groups is 1. The van der Waals surface area contributed by atoms with Gasteiger partial charge in [0.1, 0.15) is 12.6 Å². The van der Waals surface area contributed by atoms with Crippen LogP contribution in [-0.4, -0.2) is 34.0 Å². The summed E-state index contributed by atoms with van der Waals surface area (Å²) in [7, 11) is 0. The van der Waals surface area contributed by atoms with Gasteiger partial charge in [0.2, 0.25) is 5.91 Å². The molecule has 1 aliphatic carbocycles. The topological polar surface area (TPSA) is 57.6 Å². The molecule has 1 aliphatic heterocycles. The SMILES string of the molecule is Cc1ccc([C@@H]2c3cccn3-c3ccccc3N2C(=O)CN(C(=O)Nc2cccc(Br)c2)C2CC2)cc1. The summed E-state index contributed by atoms with van der Waals surface area (Å²) in [5.74, 6) is -0.109. The number of halogens is 1. The van der Waals surface area contributed by atoms with Gasteiger partial charge in [-0.1, -0.05) is 64.0 Å². The van der Waals surface area contributed by atoms with Gasteiger partial charge in [0.15, 0.2) is 0 Å². The Morgan fingerprint density at radius 3 is 2.43 bits per heavy atom. The van der Waals surface area contributed by atoms with Crippen LogP contribution in [-0.2, 0) is 4.79 Å². The quantitative estimate of drug-likeness (QED) is 0.299. The number of amides is 3. The molecule has 0 unspecified atom stereocenters. The van der Waals surface area contributed by atoms with E-state index in [9.17, 15) is 9.59 Å². The number of fused-ring (bicyclic) bond motifs is 3. The molecule has 2 heterocycles. The molecule has 6 nitrogen and oxygen atoms in total. The molecule has 1 fully saturated rings. The maximum atomic E-state index is 14.2. The summed E-state index contributed by atoms with van der Waals surface area (Å²) in [5, 5.41) is 2.97. The highest BCUT2D eigenvalue weighted by atomic mass is 79.9. The molecular weight excluding hydrogens is 528 g/mol. The Balaban J connectivity index is 1.36. The average molecular weight is 555 g/mol. The number of hydrogen-bond donors (Lipinski definition) is 1. The second-order valence-corrected chi connectivity index (χ2v) is 10.6. The number of hydrogen-bond acceptors (Lipinski definition) is 2. The van der Waals surface area contributed by atoms with Crippen molar-refractivity contribution in [1.82, 2.24) is 9.47 Å². The summed E-state index contributed by atoms with van der Waals surface area (Å²) in [4.78, 5) is 31.1. The molecule has 3 amide bonds. The molecule has 0 radical (unpaired) electrons. The summed E-state index contributed by atoms with van der Waals surface area (Å²) in [6.07, 6.45) is 3.85. The van der Waals surface area contributed by atoms with Gasteiger partial charge in [-0.15, -0.1) is 0 Å². The van der Waals surface area contributed by atoms with Gasteiger partial charge < -0.3 is 14.8 Å². The number of nitrogens with one attached hydrogen (secondary N) is 1. The third kappa shape index (κ3) is 4.55. The zero-order valence-corrected chi connectivity index (χ0v) is 22.1. The van der Waals surface area contributed by atoms with Gasteiger partial charge in [0, 0.05) is 22.4 Å². The smallest absolute Gasteiger partial charge is 0.316 e. The first-order chi connectivity index (χ1) is 18.0. The third-order valence-corrected chi connectivity index (χ3v) is 7.50. The molecule has 1 saturated carbocycles. The van der Waals surface area contributed by atoms with Crippen LogP contribution in [0.2, 0.25) is 0 Å². The standard InChI is InChI=1S/C30H27BrN4O2/c1-20-11-13-21(14-12-20)29-27-10-5-17-33(27)25-8-2-3-9-26(25)35(29)28(36)19-34(24-15-16-24)30(37)32-23-7-4-6-22(31)18-23/h2-14,17-18,24,29H,15-16,19H2,1H3,(H,32,37)/t29-/m1/s1. The first kappa shape index (κ1) is 23.6. The van der Waals surface area contributed by atoms with Crippen molar-refractivity contribution in [2.24, 2.45) is 0 Å². The molecule has 0 bridgehead atoms. The minimum atomic E-state index is -0.299. The molecule has 2 aliphatic rings. The number of carbonyl (C=O) groups excluding carboxylic acids is 2. The Morgan fingerprint density at radius 2 is 1.70 bits per heavy atom. The zero-order chi connectivity index (χ0) is 25.5. The number of aryl methyl sites for hydroxylation is 1. The number of carbonyl (C=O) groups is 2. The summed E-state index contributed by atoms with van der Waals surface area (Å²) in [6, 6.07) is 27.4. The number of nitrogens with zero attached hydrogens (tertiary/aromatic N) is 3. The Bertz CT molecular complexity index is 1470. The molecular formula is C30H27BrN4O2. The zero-order valence-electron chi connectivity index (χ0n) is 20.5. The van der Waals surface area contributed by atoms with E-state index in [1.807, 2.05) is 65.7 Å². The largest absolute Gasteiger partial charge is 0.322 e. The number of aromatic nitrogens is 1. The fraction of sp³-hybridized carbons (Fsp3) is 0.200. The first-order valence-electron chi connectivity index (χ1n) is 12.5. The maximum absolute atomic E-state index is 14.2.